The van der Waals surface area contributed by atoms with E-state index in [-0.39, 0.29) is 12.1 Å². The summed E-state index contributed by atoms with van der Waals surface area (Å²) in [5.41, 5.74) is 1.33. The van der Waals surface area contributed by atoms with Crippen LogP contribution in [-0.2, 0) is 0 Å². The number of nitrogens with zero attached hydrogens (tertiary/aromatic N) is 1. The number of aromatic nitrogens is 2. The Labute approximate surface area is 176 Å². The number of imidazole rings is 1. The number of fused-ring (bicyclic) bond motifs is 1. The Bertz CT molecular complexity index is 1100. The monoisotopic (exact) mass is 436 g/mol. The highest BCUT2D eigenvalue weighted by molar-refractivity contribution is 7.71. The van der Waals surface area contributed by atoms with Crippen molar-refractivity contribution in [2.24, 2.45) is 0 Å². The van der Waals surface area contributed by atoms with E-state index in [4.69, 9.17) is 23.8 Å². The summed E-state index contributed by atoms with van der Waals surface area (Å²) in [5, 5.41) is 3.14. The Morgan fingerprint density at radius 1 is 1.24 bits per heavy atom. The van der Waals surface area contributed by atoms with Gasteiger partial charge in [-0.25, -0.2) is 8.78 Å². The fourth-order valence-corrected chi connectivity index (χ4v) is 4.37. The SMILES string of the molecule is O=C(NCC(c1c(F)cccc1Cl)N1CCCC1)c1cc(F)cc2[nH]c(=S)[nH]c12. The molecule has 3 aromatic rings. The lowest BCUT2D eigenvalue weighted by atomic mass is 10.0. The Morgan fingerprint density at radius 3 is 2.72 bits per heavy atom. The van der Waals surface area contributed by atoms with Crippen molar-refractivity contribution >= 4 is 40.8 Å². The van der Waals surface area contributed by atoms with Crippen LogP contribution in [0.15, 0.2) is 30.3 Å². The number of rotatable bonds is 5. The van der Waals surface area contributed by atoms with Crippen LogP contribution in [0.25, 0.3) is 11.0 Å². The first-order chi connectivity index (χ1) is 13.9. The molecule has 2 heterocycles. The molecule has 5 nitrogen and oxygen atoms in total. The molecule has 1 unspecified atom stereocenters. The number of H-pyrrole nitrogens is 2. The van der Waals surface area contributed by atoms with Gasteiger partial charge in [0.05, 0.1) is 22.6 Å². The van der Waals surface area contributed by atoms with Gasteiger partial charge in [-0.15, -0.1) is 0 Å². The molecule has 0 saturated carbocycles. The number of nitrogens with one attached hydrogen (secondary N) is 3. The Kier molecular flexibility index (Phi) is 5.67. The van der Waals surface area contributed by atoms with Gasteiger partial charge in [0.1, 0.15) is 11.6 Å². The molecule has 1 atom stereocenters. The van der Waals surface area contributed by atoms with Gasteiger partial charge in [0.25, 0.3) is 5.91 Å². The average molecular weight is 437 g/mol. The highest BCUT2D eigenvalue weighted by Crippen LogP contribution is 2.32. The van der Waals surface area contributed by atoms with E-state index in [0.717, 1.165) is 32.0 Å². The second-order valence-corrected chi connectivity index (χ2v) is 7.87. The van der Waals surface area contributed by atoms with Gasteiger partial charge >= 0.3 is 0 Å². The van der Waals surface area contributed by atoms with Crippen molar-refractivity contribution in [2.75, 3.05) is 19.6 Å². The number of amides is 1. The maximum absolute atomic E-state index is 14.6. The Hall–Kier alpha value is -2.29. The number of carbonyl (C=O) groups excluding carboxylic acids is 1. The molecule has 29 heavy (non-hydrogen) atoms. The molecule has 1 fully saturated rings. The molecule has 152 valence electrons. The normalized spacial score (nSPS) is 15.7. The standard InChI is InChI=1S/C20H19ClF2N4OS/c21-13-4-3-5-14(23)17(13)16(27-6-1-2-7-27)10-24-19(28)12-8-11(22)9-15-18(12)26-20(29)25-15/h3-5,8-9,16H,1-2,6-7,10H2,(H,24,28)(H2,25,26,29). The molecule has 0 spiro atoms. The largest absolute Gasteiger partial charge is 0.350 e. The van der Waals surface area contributed by atoms with E-state index in [2.05, 4.69) is 20.2 Å². The van der Waals surface area contributed by atoms with Gasteiger partial charge in [-0.05, 0) is 62.4 Å². The Balaban J connectivity index is 1.63. The maximum atomic E-state index is 14.6. The summed E-state index contributed by atoms with van der Waals surface area (Å²) in [7, 11) is 0. The van der Waals surface area contributed by atoms with E-state index in [1.165, 1.54) is 12.1 Å². The van der Waals surface area contributed by atoms with Gasteiger partial charge in [0.2, 0.25) is 0 Å². The molecule has 1 saturated heterocycles. The number of hydrogen-bond acceptors (Lipinski definition) is 3. The van der Waals surface area contributed by atoms with Crippen LogP contribution in [0.4, 0.5) is 8.78 Å². The molecule has 2 aromatic carbocycles. The van der Waals surface area contributed by atoms with Gasteiger partial charge in [-0.2, -0.15) is 0 Å². The summed E-state index contributed by atoms with van der Waals surface area (Å²) in [4.78, 5) is 20.6. The van der Waals surface area contributed by atoms with Crippen molar-refractivity contribution in [3.8, 4) is 0 Å². The van der Waals surface area contributed by atoms with Crippen LogP contribution >= 0.6 is 23.8 Å². The molecule has 3 N–H and O–H groups in total. The first kappa shape index (κ1) is 20.0. The predicted octanol–water partition coefficient (Wildman–Crippen LogP) is 4.72. The van der Waals surface area contributed by atoms with Crippen LogP contribution in [0.2, 0.25) is 5.02 Å². The van der Waals surface area contributed by atoms with Gasteiger partial charge in [-0.3, -0.25) is 9.69 Å². The third kappa shape index (κ3) is 4.05. The minimum atomic E-state index is -0.554. The van der Waals surface area contributed by atoms with Crippen LogP contribution < -0.4 is 5.32 Å². The molecule has 1 amide bonds. The number of halogens is 3. The van der Waals surface area contributed by atoms with Gasteiger partial charge in [-0.1, -0.05) is 17.7 Å². The van der Waals surface area contributed by atoms with Gasteiger partial charge in [0, 0.05) is 17.1 Å². The van der Waals surface area contributed by atoms with Crippen LogP contribution in [-0.4, -0.2) is 40.4 Å². The van der Waals surface area contributed by atoms with E-state index in [9.17, 15) is 13.6 Å². The molecule has 1 aromatic heterocycles. The lowest BCUT2D eigenvalue weighted by Gasteiger charge is -2.29. The molecule has 0 aliphatic carbocycles. The molecule has 4 rings (SSSR count). The molecule has 1 aliphatic heterocycles. The average Bonchev–Trinajstić information content (AvgIpc) is 3.32. The molecule has 9 heteroatoms. The van der Waals surface area contributed by atoms with Gasteiger partial charge in [0.15, 0.2) is 4.77 Å². The van der Waals surface area contributed by atoms with Crippen molar-refractivity contribution < 1.29 is 13.6 Å². The Morgan fingerprint density at radius 2 is 2.00 bits per heavy atom. The number of hydrogen-bond donors (Lipinski definition) is 3. The lowest BCUT2D eigenvalue weighted by molar-refractivity contribution is 0.0938. The third-order valence-corrected chi connectivity index (χ3v) is 5.74. The first-order valence-corrected chi connectivity index (χ1v) is 10.1. The molecule has 1 aliphatic rings. The van der Waals surface area contributed by atoms with Crippen LogP contribution in [0.3, 0.4) is 0 Å². The summed E-state index contributed by atoms with van der Waals surface area (Å²) in [6.07, 6.45) is 2.00. The minimum absolute atomic E-state index is 0.132. The quantitative estimate of drug-likeness (QED) is 0.507. The smallest absolute Gasteiger partial charge is 0.253 e. The summed E-state index contributed by atoms with van der Waals surface area (Å²) in [6.45, 7) is 1.73. The van der Waals surface area contributed by atoms with Crippen molar-refractivity contribution in [3.05, 3.63) is 62.9 Å². The zero-order valence-corrected chi connectivity index (χ0v) is 17.0. The van der Waals surface area contributed by atoms with Crippen molar-refractivity contribution in [1.82, 2.24) is 20.2 Å². The highest BCUT2D eigenvalue weighted by Gasteiger charge is 2.28. The molecule has 0 radical (unpaired) electrons. The fraction of sp³-hybridized carbons (Fsp3) is 0.300. The first-order valence-electron chi connectivity index (χ1n) is 9.32. The predicted molar refractivity (Wildman–Crippen MR) is 111 cm³/mol. The zero-order valence-electron chi connectivity index (χ0n) is 15.4. The molecular formula is C20H19ClF2N4OS. The molecule has 0 bridgehead atoms. The van der Waals surface area contributed by atoms with E-state index < -0.39 is 23.6 Å². The zero-order chi connectivity index (χ0) is 20.5. The number of benzene rings is 2. The van der Waals surface area contributed by atoms with Crippen molar-refractivity contribution in [3.63, 3.8) is 0 Å². The van der Waals surface area contributed by atoms with E-state index in [1.54, 1.807) is 12.1 Å². The second-order valence-electron chi connectivity index (χ2n) is 7.06. The van der Waals surface area contributed by atoms with Crippen LogP contribution in [0, 0.1) is 16.4 Å². The maximum Gasteiger partial charge on any atom is 0.253 e. The van der Waals surface area contributed by atoms with Crippen molar-refractivity contribution in [1.29, 1.82) is 0 Å². The lowest BCUT2D eigenvalue weighted by Crippen LogP contribution is -2.37. The highest BCUT2D eigenvalue weighted by atomic mass is 35.5. The summed E-state index contributed by atoms with van der Waals surface area (Å²) >= 11 is 11.3. The van der Waals surface area contributed by atoms with Crippen LogP contribution in [0.1, 0.15) is 34.8 Å². The number of likely N-dealkylation sites (tertiary alicyclic amines) is 1. The third-order valence-electron chi connectivity index (χ3n) is 5.20. The number of aromatic amines is 2. The van der Waals surface area contributed by atoms with E-state index in [0.29, 0.717) is 26.4 Å². The van der Waals surface area contributed by atoms with Gasteiger partial charge < -0.3 is 15.3 Å². The van der Waals surface area contributed by atoms with Crippen molar-refractivity contribution in [2.45, 2.75) is 18.9 Å². The number of carbonyl (C=O) groups is 1. The second kappa shape index (κ2) is 8.22. The molecular weight excluding hydrogens is 418 g/mol. The summed E-state index contributed by atoms with van der Waals surface area (Å²) in [5.74, 6) is -1.44. The topological polar surface area (TPSA) is 63.9 Å². The van der Waals surface area contributed by atoms with Crippen LogP contribution in [0.5, 0.6) is 0 Å². The fourth-order valence-electron chi connectivity index (χ4n) is 3.87. The summed E-state index contributed by atoms with van der Waals surface area (Å²) < 4.78 is 28.8. The van der Waals surface area contributed by atoms with E-state index >= 15 is 0 Å². The van der Waals surface area contributed by atoms with E-state index in [1.807, 2.05) is 0 Å². The summed E-state index contributed by atoms with van der Waals surface area (Å²) in [6, 6.07) is 6.56. The minimum Gasteiger partial charge on any atom is -0.350 e.